The van der Waals surface area contributed by atoms with E-state index in [-0.39, 0.29) is 0 Å². The van der Waals surface area contributed by atoms with Crippen molar-refractivity contribution in [2.45, 2.75) is 111 Å². The second-order valence-corrected chi connectivity index (χ2v) is 11.4. The van der Waals surface area contributed by atoms with Crippen LogP contribution in [0.25, 0.3) is 0 Å². The average Bonchev–Trinajstić information content (AvgIpc) is 3.50. The Morgan fingerprint density at radius 3 is 2.50 bits per heavy atom. The molecule has 0 aromatic heterocycles. The lowest BCUT2D eigenvalue weighted by Gasteiger charge is -2.38. The van der Waals surface area contributed by atoms with Crippen LogP contribution in [0, 0.1) is 17.2 Å². The molecule has 2 saturated heterocycles. The molecule has 5 atom stereocenters. The average molecular weight is 476 g/mol. The normalized spacial score (nSPS) is 27.9. The van der Waals surface area contributed by atoms with Gasteiger partial charge in [0, 0.05) is 38.3 Å². The summed E-state index contributed by atoms with van der Waals surface area (Å²) in [6, 6.07) is 1.86. The monoisotopic (exact) mass is 475 g/mol. The van der Waals surface area contributed by atoms with Crippen LogP contribution in [0.4, 0.5) is 0 Å². The Kier molecular flexibility index (Phi) is 9.93. The van der Waals surface area contributed by atoms with E-state index in [1.165, 1.54) is 32.1 Å². The zero-order valence-electron chi connectivity index (χ0n) is 23.0. The molecule has 34 heavy (non-hydrogen) atoms. The largest absolute Gasteiger partial charge is 0.370 e. The van der Waals surface area contributed by atoms with Crippen molar-refractivity contribution >= 4 is 11.9 Å². The summed E-state index contributed by atoms with van der Waals surface area (Å²) in [5.41, 5.74) is 6.32. The first-order valence-electron chi connectivity index (χ1n) is 14.2. The van der Waals surface area contributed by atoms with Gasteiger partial charge < -0.3 is 20.4 Å². The van der Waals surface area contributed by atoms with Gasteiger partial charge in [0.1, 0.15) is 0 Å². The fraction of sp³-hybridized carbons (Fsp3) is 0.926. The molecular weight excluding hydrogens is 422 g/mol. The number of hydrogen-bond acceptors (Lipinski definition) is 5. The summed E-state index contributed by atoms with van der Waals surface area (Å²) in [6.45, 7) is 19.9. The summed E-state index contributed by atoms with van der Waals surface area (Å²) in [7, 11) is 0. The maximum atomic E-state index is 9.15. The first-order valence-corrected chi connectivity index (χ1v) is 14.2. The van der Waals surface area contributed by atoms with E-state index in [9.17, 15) is 0 Å². The third-order valence-corrected chi connectivity index (χ3v) is 8.70. The highest BCUT2D eigenvalue weighted by Crippen LogP contribution is 2.29. The lowest BCUT2D eigenvalue weighted by atomic mass is 9.98. The van der Waals surface area contributed by atoms with Crippen molar-refractivity contribution in [1.82, 2.24) is 19.6 Å². The molecule has 0 aromatic carbocycles. The Morgan fingerprint density at radius 2 is 1.85 bits per heavy atom. The Hall–Kier alpha value is -1.50. The smallest absolute Gasteiger partial charge is 0.194 e. The molecular formula is C27H53N7. The van der Waals surface area contributed by atoms with Gasteiger partial charge in [-0.3, -0.25) is 15.3 Å². The molecule has 0 aromatic rings. The van der Waals surface area contributed by atoms with Gasteiger partial charge in [0.2, 0.25) is 0 Å². The van der Waals surface area contributed by atoms with Crippen LogP contribution in [0.3, 0.4) is 0 Å². The fourth-order valence-corrected chi connectivity index (χ4v) is 6.25. The molecule has 7 nitrogen and oxygen atoms in total. The summed E-state index contributed by atoms with van der Waals surface area (Å²) in [5.74, 6) is 2.70. The highest BCUT2D eigenvalue weighted by Gasteiger charge is 2.41. The van der Waals surface area contributed by atoms with Crippen LogP contribution < -0.4 is 5.73 Å². The number of rotatable bonds is 13. The molecule has 0 aliphatic carbocycles. The van der Waals surface area contributed by atoms with E-state index < -0.39 is 0 Å². The summed E-state index contributed by atoms with van der Waals surface area (Å²) in [6.07, 6.45) is 8.35. The van der Waals surface area contributed by atoms with Gasteiger partial charge in [-0.1, -0.05) is 60.8 Å². The topological polar surface area (TPSA) is 75.2 Å². The summed E-state index contributed by atoms with van der Waals surface area (Å²) in [5, 5.41) is 9.15. The lowest BCUT2D eigenvalue weighted by Crippen LogP contribution is -2.52. The second-order valence-electron chi connectivity index (χ2n) is 11.4. The third-order valence-electron chi connectivity index (χ3n) is 8.70. The van der Waals surface area contributed by atoms with Crippen molar-refractivity contribution in [2.75, 3.05) is 39.3 Å². The molecule has 3 rings (SSSR count). The van der Waals surface area contributed by atoms with Gasteiger partial charge in [-0.2, -0.15) is 0 Å². The molecule has 0 saturated carbocycles. The minimum atomic E-state index is 0.418. The highest BCUT2D eigenvalue weighted by atomic mass is 15.5. The van der Waals surface area contributed by atoms with E-state index >= 15 is 0 Å². The molecule has 3 N–H and O–H groups in total. The van der Waals surface area contributed by atoms with E-state index in [0.717, 1.165) is 64.0 Å². The number of likely N-dealkylation sites (tertiary alicyclic amines) is 1. The van der Waals surface area contributed by atoms with Gasteiger partial charge in [0.05, 0.1) is 18.6 Å². The quantitative estimate of drug-likeness (QED) is 0.420. The minimum absolute atomic E-state index is 0.418. The van der Waals surface area contributed by atoms with Gasteiger partial charge in [-0.05, 0) is 44.1 Å². The maximum Gasteiger partial charge on any atom is 0.194 e. The number of nitrogens with one attached hydrogen (secondary N) is 1. The van der Waals surface area contributed by atoms with Crippen LogP contribution in [0.5, 0.6) is 0 Å². The SMILES string of the molecule is CCCCN1C(=N)N([C@@H](CCC)CN2CCC[C@H]2CN2C(N)=NC[C@H]2C(C)C)C[C@H]1[C@H](C)CC. The van der Waals surface area contributed by atoms with Crippen LogP contribution in [0.15, 0.2) is 4.99 Å². The number of hydrogen-bond donors (Lipinski definition) is 2. The highest BCUT2D eigenvalue weighted by molar-refractivity contribution is 5.80. The van der Waals surface area contributed by atoms with E-state index in [0.29, 0.717) is 36.0 Å². The Bertz CT molecular complexity index is 678. The molecule has 3 aliphatic heterocycles. The molecule has 0 bridgehead atoms. The van der Waals surface area contributed by atoms with E-state index in [1.54, 1.807) is 0 Å². The predicted molar refractivity (Wildman–Crippen MR) is 144 cm³/mol. The van der Waals surface area contributed by atoms with Crippen LogP contribution >= 0.6 is 0 Å². The number of nitrogens with two attached hydrogens (primary N) is 1. The zero-order chi connectivity index (χ0) is 24.8. The van der Waals surface area contributed by atoms with Gasteiger partial charge in [0.15, 0.2) is 11.9 Å². The Labute approximate surface area is 209 Å². The predicted octanol–water partition coefficient (Wildman–Crippen LogP) is 4.04. The number of guanidine groups is 2. The number of nitrogens with zero attached hydrogens (tertiary/aromatic N) is 5. The van der Waals surface area contributed by atoms with E-state index in [4.69, 9.17) is 11.1 Å². The summed E-state index contributed by atoms with van der Waals surface area (Å²) < 4.78 is 0. The van der Waals surface area contributed by atoms with Crippen molar-refractivity contribution in [3.05, 3.63) is 0 Å². The van der Waals surface area contributed by atoms with Crippen LogP contribution in [-0.4, -0.2) is 95.0 Å². The second kappa shape index (κ2) is 12.5. The molecule has 0 radical (unpaired) electrons. The van der Waals surface area contributed by atoms with Crippen molar-refractivity contribution in [1.29, 1.82) is 5.41 Å². The van der Waals surface area contributed by atoms with E-state index in [2.05, 4.69) is 66.1 Å². The van der Waals surface area contributed by atoms with Crippen molar-refractivity contribution in [2.24, 2.45) is 22.6 Å². The van der Waals surface area contributed by atoms with Crippen LogP contribution in [-0.2, 0) is 0 Å². The number of unbranched alkanes of at least 4 members (excludes halogenated alkanes) is 1. The van der Waals surface area contributed by atoms with Crippen molar-refractivity contribution in [3.63, 3.8) is 0 Å². The molecule has 7 heteroatoms. The molecule has 0 spiro atoms. The van der Waals surface area contributed by atoms with Crippen molar-refractivity contribution < 1.29 is 0 Å². The van der Waals surface area contributed by atoms with Crippen molar-refractivity contribution in [3.8, 4) is 0 Å². The lowest BCUT2D eigenvalue weighted by molar-refractivity contribution is 0.144. The van der Waals surface area contributed by atoms with Crippen LogP contribution in [0.1, 0.15) is 86.5 Å². The summed E-state index contributed by atoms with van der Waals surface area (Å²) in [4.78, 5) is 14.6. The standard InChI is InChI=1S/C27H53N7/c1-7-10-15-32-25(21(6)9-3)19-33(27(32)29)23(12-8-2)17-31-14-11-13-22(31)18-34-24(20(4)5)16-30-26(34)28/h20-25,29H,7-19H2,1-6H3,(H2,28,30)/t21-,22+,23+,24+,25+/m1/s1. The number of aliphatic imine (C=N–C) groups is 1. The molecule has 0 unspecified atom stereocenters. The zero-order valence-corrected chi connectivity index (χ0v) is 23.0. The molecule has 196 valence electrons. The van der Waals surface area contributed by atoms with Gasteiger partial charge in [-0.15, -0.1) is 0 Å². The van der Waals surface area contributed by atoms with Crippen LogP contribution in [0.2, 0.25) is 0 Å². The first kappa shape index (κ1) is 27.1. The molecule has 2 fully saturated rings. The minimum Gasteiger partial charge on any atom is -0.370 e. The van der Waals surface area contributed by atoms with E-state index in [1.807, 2.05) is 0 Å². The Morgan fingerprint density at radius 1 is 1.09 bits per heavy atom. The molecule has 0 amide bonds. The Balaban J connectivity index is 1.70. The van der Waals surface area contributed by atoms with Gasteiger partial charge in [-0.25, -0.2) is 0 Å². The first-order chi connectivity index (χ1) is 16.3. The maximum absolute atomic E-state index is 9.15. The molecule has 3 heterocycles. The molecule has 3 aliphatic rings. The van der Waals surface area contributed by atoms with Gasteiger partial charge >= 0.3 is 0 Å². The van der Waals surface area contributed by atoms with Gasteiger partial charge in [0.25, 0.3) is 0 Å². The fourth-order valence-electron chi connectivity index (χ4n) is 6.25. The summed E-state index contributed by atoms with van der Waals surface area (Å²) >= 11 is 0. The third kappa shape index (κ3) is 6.00.